The molecule has 7 nitrogen and oxygen atoms in total. The van der Waals surface area contributed by atoms with E-state index in [0.29, 0.717) is 5.84 Å². The maximum atomic E-state index is 14.0. The summed E-state index contributed by atoms with van der Waals surface area (Å²) >= 11 is 0. The van der Waals surface area contributed by atoms with E-state index in [0.717, 1.165) is 44.1 Å². The third kappa shape index (κ3) is 2.98. The van der Waals surface area contributed by atoms with E-state index in [1.54, 1.807) is 6.07 Å². The van der Waals surface area contributed by atoms with Crippen LogP contribution in [0.2, 0.25) is 0 Å². The molecular formula is C17H21FN6O. The fourth-order valence-corrected chi connectivity index (χ4v) is 3.53. The molecule has 1 saturated heterocycles. The number of nitrogens with zero attached hydrogens (tertiary/aromatic N) is 4. The molecule has 3 aliphatic rings. The number of ether oxygens (including phenoxy) is 1. The van der Waals surface area contributed by atoms with Gasteiger partial charge in [-0.25, -0.2) is 9.38 Å². The number of aliphatic imine (C=N–C) groups is 1. The van der Waals surface area contributed by atoms with Gasteiger partial charge in [0, 0.05) is 31.2 Å². The Morgan fingerprint density at radius 2 is 2.04 bits per heavy atom. The van der Waals surface area contributed by atoms with Gasteiger partial charge in [0.15, 0.2) is 0 Å². The molecule has 2 atom stereocenters. The first-order valence-corrected chi connectivity index (χ1v) is 8.34. The molecule has 0 saturated carbocycles. The fourth-order valence-electron chi connectivity index (χ4n) is 3.53. The van der Waals surface area contributed by atoms with Crippen LogP contribution in [-0.2, 0) is 4.74 Å². The molecule has 4 rings (SSSR count). The molecule has 132 valence electrons. The predicted octanol–water partition coefficient (Wildman–Crippen LogP) is 0.706. The lowest BCUT2D eigenvalue weighted by molar-refractivity contribution is 0.0393. The molecule has 25 heavy (non-hydrogen) atoms. The van der Waals surface area contributed by atoms with Gasteiger partial charge in [0.05, 0.1) is 18.9 Å². The van der Waals surface area contributed by atoms with Crippen LogP contribution in [0.3, 0.4) is 0 Å². The minimum Gasteiger partial charge on any atom is -0.396 e. The second kappa shape index (κ2) is 6.45. The number of morpholine rings is 1. The smallest absolute Gasteiger partial charge is 0.146 e. The van der Waals surface area contributed by atoms with E-state index in [-0.39, 0.29) is 17.6 Å². The van der Waals surface area contributed by atoms with Crippen molar-refractivity contribution < 1.29 is 9.13 Å². The molecule has 1 aromatic carbocycles. The highest BCUT2D eigenvalue weighted by atomic mass is 19.1. The first kappa shape index (κ1) is 16.0. The number of amidine groups is 1. The minimum absolute atomic E-state index is 0.118. The van der Waals surface area contributed by atoms with E-state index < -0.39 is 5.82 Å². The molecule has 0 radical (unpaired) electrons. The normalized spacial score (nSPS) is 26.4. The number of halogens is 1. The van der Waals surface area contributed by atoms with Crippen molar-refractivity contribution in [1.29, 1.82) is 0 Å². The summed E-state index contributed by atoms with van der Waals surface area (Å²) in [7, 11) is 0. The molecule has 2 unspecified atom stereocenters. The van der Waals surface area contributed by atoms with E-state index >= 15 is 0 Å². The largest absolute Gasteiger partial charge is 0.396 e. The summed E-state index contributed by atoms with van der Waals surface area (Å²) in [4.78, 5) is 6.46. The number of nitrogen functional groups attached to an aromatic ring is 1. The molecule has 1 fully saturated rings. The van der Waals surface area contributed by atoms with Crippen molar-refractivity contribution >= 4 is 17.9 Å². The average molecular weight is 344 g/mol. The van der Waals surface area contributed by atoms with Crippen molar-refractivity contribution in [1.82, 2.24) is 9.91 Å². The highest BCUT2D eigenvalue weighted by Gasteiger charge is 2.40. The van der Waals surface area contributed by atoms with Gasteiger partial charge in [0.25, 0.3) is 0 Å². The lowest BCUT2D eigenvalue weighted by atomic mass is 9.92. The zero-order valence-electron chi connectivity index (χ0n) is 13.8. The second-order valence-corrected chi connectivity index (χ2v) is 6.43. The maximum absolute atomic E-state index is 14.0. The van der Waals surface area contributed by atoms with Gasteiger partial charge in [-0.15, -0.1) is 0 Å². The predicted molar refractivity (Wildman–Crippen MR) is 94.6 cm³/mol. The molecule has 0 bridgehead atoms. The van der Waals surface area contributed by atoms with Gasteiger partial charge in [-0.2, -0.15) is 5.10 Å². The summed E-state index contributed by atoms with van der Waals surface area (Å²) in [5.74, 6) is -0.0632. The topological polar surface area (TPSA) is 92.5 Å². The number of hydrazone groups is 1. The highest BCUT2D eigenvalue weighted by molar-refractivity contribution is 5.94. The van der Waals surface area contributed by atoms with Crippen LogP contribution >= 0.6 is 0 Å². The zero-order chi connectivity index (χ0) is 17.4. The van der Waals surface area contributed by atoms with Crippen molar-refractivity contribution in [3.8, 4) is 0 Å². The van der Waals surface area contributed by atoms with Crippen molar-refractivity contribution in [2.75, 3.05) is 38.6 Å². The van der Waals surface area contributed by atoms with E-state index in [2.05, 4.69) is 21.1 Å². The standard InChI is InChI=1S/C17H21FN6O/c18-14-7-11(1-2-15(14)19)13-8-12(9-23-3-5-25-6-4-23)24-16(13)17(20)21-10-22-24/h1-2,7-8,10,13,16H,3-6,9,19H2,(H2,20,21,22). The average Bonchev–Trinajstić information content (AvgIpc) is 2.98. The Hall–Kier alpha value is -2.45. The number of nitrogens with two attached hydrogens (primary N) is 2. The molecule has 4 N–H and O–H groups in total. The van der Waals surface area contributed by atoms with E-state index in [1.807, 2.05) is 11.1 Å². The monoisotopic (exact) mass is 344 g/mol. The first-order valence-electron chi connectivity index (χ1n) is 8.34. The molecule has 0 spiro atoms. The Morgan fingerprint density at radius 3 is 2.80 bits per heavy atom. The summed E-state index contributed by atoms with van der Waals surface area (Å²) < 4.78 is 19.4. The summed E-state index contributed by atoms with van der Waals surface area (Å²) in [5.41, 5.74) is 13.7. The van der Waals surface area contributed by atoms with Crippen LogP contribution in [0.25, 0.3) is 0 Å². The van der Waals surface area contributed by atoms with Crippen LogP contribution in [0.1, 0.15) is 11.5 Å². The Labute approximate surface area is 145 Å². The SMILES string of the molecule is NC1=NC=NN2C(CN3CCOCC3)=CC(c3ccc(N)c(F)c3)C12. The summed E-state index contributed by atoms with van der Waals surface area (Å²) in [5, 5.41) is 6.30. The third-order valence-corrected chi connectivity index (χ3v) is 4.85. The molecule has 1 aromatic rings. The van der Waals surface area contributed by atoms with Crippen molar-refractivity contribution in [2.45, 2.75) is 12.0 Å². The molecule has 0 aromatic heterocycles. The van der Waals surface area contributed by atoms with Crippen molar-refractivity contribution in [3.63, 3.8) is 0 Å². The van der Waals surface area contributed by atoms with Crippen LogP contribution in [0, 0.1) is 5.82 Å². The lowest BCUT2D eigenvalue weighted by Gasteiger charge is -2.32. The molecule has 8 heteroatoms. The van der Waals surface area contributed by atoms with Gasteiger partial charge in [-0.05, 0) is 17.7 Å². The van der Waals surface area contributed by atoms with Crippen molar-refractivity contribution in [2.24, 2.45) is 15.8 Å². The van der Waals surface area contributed by atoms with Crippen LogP contribution in [0.15, 0.2) is 40.1 Å². The molecule has 3 aliphatic heterocycles. The van der Waals surface area contributed by atoms with Gasteiger partial charge in [-0.1, -0.05) is 12.1 Å². The van der Waals surface area contributed by atoms with E-state index in [9.17, 15) is 4.39 Å². The Kier molecular flexibility index (Phi) is 4.14. The lowest BCUT2D eigenvalue weighted by Crippen LogP contribution is -2.45. The zero-order valence-corrected chi connectivity index (χ0v) is 13.8. The molecular weight excluding hydrogens is 323 g/mol. The van der Waals surface area contributed by atoms with Crippen molar-refractivity contribution in [3.05, 3.63) is 41.4 Å². The number of rotatable bonds is 3. The van der Waals surface area contributed by atoms with Gasteiger partial charge < -0.3 is 16.2 Å². The van der Waals surface area contributed by atoms with Crippen LogP contribution < -0.4 is 11.5 Å². The summed E-state index contributed by atoms with van der Waals surface area (Å²) in [6.07, 6.45) is 3.57. The number of hydrogen-bond donors (Lipinski definition) is 2. The highest BCUT2D eigenvalue weighted by Crippen LogP contribution is 2.37. The number of hydrogen-bond acceptors (Lipinski definition) is 7. The molecule has 0 aliphatic carbocycles. The first-order chi connectivity index (χ1) is 12.1. The van der Waals surface area contributed by atoms with Gasteiger partial charge in [0.1, 0.15) is 24.0 Å². The second-order valence-electron chi connectivity index (χ2n) is 6.43. The van der Waals surface area contributed by atoms with Crippen LogP contribution in [0.4, 0.5) is 10.1 Å². The third-order valence-electron chi connectivity index (χ3n) is 4.85. The summed E-state index contributed by atoms with van der Waals surface area (Å²) in [6, 6.07) is 4.66. The van der Waals surface area contributed by atoms with Gasteiger partial charge >= 0.3 is 0 Å². The molecule has 0 amide bonds. The van der Waals surface area contributed by atoms with Gasteiger partial charge in [-0.3, -0.25) is 9.91 Å². The Bertz CT molecular complexity index is 756. The number of anilines is 1. The van der Waals surface area contributed by atoms with Gasteiger partial charge in [0.2, 0.25) is 0 Å². The fraction of sp³-hybridized carbons (Fsp3) is 0.412. The van der Waals surface area contributed by atoms with Crippen LogP contribution in [0.5, 0.6) is 0 Å². The van der Waals surface area contributed by atoms with Crippen LogP contribution in [-0.4, -0.2) is 61.0 Å². The van der Waals surface area contributed by atoms with E-state index in [1.165, 1.54) is 12.4 Å². The quantitative estimate of drug-likeness (QED) is 0.788. The molecule has 3 heterocycles. The number of fused-ring (bicyclic) bond motifs is 1. The Balaban J connectivity index is 1.65. The maximum Gasteiger partial charge on any atom is 0.146 e. The van der Waals surface area contributed by atoms with E-state index in [4.69, 9.17) is 16.2 Å². The summed E-state index contributed by atoms with van der Waals surface area (Å²) in [6.45, 7) is 3.97. The minimum atomic E-state index is -0.422. The Morgan fingerprint density at radius 1 is 1.24 bits per heavy atom. The number of benzene rings is 1.